The highest BCUT2D eigenvalue weighted by Crippen LogP contribution is 2.25. The third-order valence-electron chi connectivity index (χ3n) is 3.07. The van der Waals surface area contributed by atoms with Gasteiger partial charge >= 0.3 is 0 Å². The van der Waals surface area contributed by atoms with E-state index in [1.54, 1.807) is 12.1 Å². The minimum absolute atomic E-state index is 0.132. The van der Waals surface area contributed by atoms with Gasteiger partial charge in [0.15, 0.2) is 5.76 Å². The molecule has 0 saturated carbocycles. The van der Waals surface area contributed by atoms with E-state index in [0.29, 0.717) is 5.13 Å². The first kappa shape index (κ1) is 15.9. The SMILES string of the molecule is O=C(CCNC(=O)c1ccco1)Nc1nnc(-c2ccccc2)s1. The molecule has 0 unspecified atom stereocenters. The van der Waals surface area contributed by atoms with Crippen LogP contribution < -0.4 is 10.6 Å². The Hall–Kier alpha value is -3.00. The number of aromatic nitrogens is 2. The number of benzene rings is 1. The number of hydrogen-bond acceptors (Lipinski definition) is 6. The molecule has 0 aliphatic rings. The van der Waals surface area contributed by atoms with Gasteiger partial charge in [-0.2, -0.15) is 0 Å². The Bertz CT molecular complexity index is 815. The molecule has 24 heavy (non-hydrogen) atoms. The minimum atomic E-state index is -0.352. The first-order valence-corrected chi connectivity index (χ1v) is 8.04. The summed E-state index contributed by atoms with van der Waals surface area (Å²) < 4.78 is 4.96. The monoisotopic (exact) mass is 342 g/mol. The van der Waals surface area contributed by atoms with Crippen LogP contribution in [-0.2, 0) is 4.79 Å². The van der Waals surface area contributed by atoms with Crippen LogP contribution in [0.3, 0.4) is 0 Å². The van der Waals surface area contributed by atoms with Crippen molar-refractivity contribution in [3.8, 4) is 10.6 Å². The molecule has 2 N–H and O–H groups in total. The van der Waals surface area contributed by atoms with Crippen molar-refractivity contribution in [1.82, 2.24) is 15.5 Å². The fourth-order valence-electron chi connectivity index (χ4n) is 1.94. The van der Waals surface area contributed by atoms with E-state index in [9.17, 15) is 9.59 Å². The molecule has 3 rings (SSSR count). The van der Waals surface area contributed by atoms with Crippen molar-refractivity contribution in [3.63, 3.8) is 0 Å². The van der Waals surface area contributed by atoms with Gasteiger partial charge in [-0.05, 0) is 12.1 Å². The summed E-state index contributed by atoms with van der Waals surface area (Å²) >= 11 is 1.30. The smallest absolute Gasteiger partial charge is 0.286 e. The third-order valence-corrected chi connectivity index (χ3v) is 3.96. The van der Waals surface area contributed by atoms with Crippen LogP contribution in [-0.4, -0.2) is 28.6 Å². The van der Waals surface area contributed by atoms with E-state index in [-0.39, 0.29) is 30.5 Å². The van der Waals surface area contributed by atoms with Crippen LogP contribution in [0, 0.1) is 0 Å². The van der Waals surface area contributed by atoms with E-state index in [2.05, 4.69) is 20.8 Å². The Morgan fingerprint density at radius 2 is 1.92 bits per heavy atom. The number of rotatable bonds is 6. The summed E-state index contributed by atoms with van der Waals surface area (Å²) in [4.78, 5) is 23.5. The summed E-state index contributed by atoms with van der Waals surface area (Å²) in [5, 5.41) is 14.4. The minimum Gasteiger partial charge on any atom is -0.459 e. The maximum Gasteiger partial charge on any atom is 0.286 e. The van der Waals surface area contributed by atoms with Crippen LogP contribution in [0.4, 0.5) is 5.13 Å². The molecule has 0 aliphatic carbocycles. The lowest BCUT2D eigenvalue weighted by Crippen LogP contribution is -2.27. The standard InChI is InChI=1S/C16H14N4O3S/c21-13(8-9-17-14(22)12-7-4-10-23-12)18-16-20-19-15(24-16)11-5-2-1-3-6-11/h1-7,10H,8-9H2,(H,17,22)(H,18,20,21). The molecular weight excluding hydrogens is 328 g/mol. The van der Waals surface area contributed by atoms with Crippen molar-refractivity contribution in [2.75, 3.05) is 11.9 Å². The fraction of sp³-hybridized carbons (Fsp3) is 0.125. The van der Waals surface area contributed by atoms with E-state index in [0.717, 1.165) is 10.6 Å². The van der Waals surface area contributed by atoms with Crippen LogP contribution in [0.2, 0.25) is 0 Å². The lowest BCUT2D eigenvalue weighted by atomic mass is 10.2. The molecule has 2 aromatic heterocycles. The molecular formula is C16H14N4O3S. The normalized spacial score (nSPS) is 10.3. The number of carbonyl (C=O) groups is 2. The van der Waals surface area contributed by atoms with Gasteiger partial charge in [-0.1, -0.05) is 41.7 Å². The highest BCUT2D eigenvalue weighted by molar-refractivity contribution is 7.18. The first-order chi connectivity index (χ1) is 11.7. The lowest BCUT2D eigenvalue weighted by Gasteiger charge is -2.03. The van der Waals surface area contributed by atoms with Crippen LogP contribution in [0.1, 0.15) is 17.0 Å². The zero-order chi connectivity index (χ0) is 16.8. The maximum absolute atomic E-state index is 11.9. The summed E-state index contributed by atoms with van der Waals surface area (Å²) in [6.07, 6.45) is 1.55. The van der Waals surface area contributed by atoms with Crippen LogP contribution in [0.5, 0.6) is 0 Å². The van der Waals surface area contributed by atoms with Gasteiger partial charge < -0.3 is 15.1 Å². The molecule has 0 radical (unpaired) electrons. The second kappa shape index (κ2) is 7.51. The largest absolute Gasteiger partial charge is 0.459 e. The summed E-state index contributed by atoms with van der Waals surface area (Å²) in [5.74, 6) is -0.382. The lowest BCUT2D eigenvalue weighted by molar-refractivity contribution is -0.116. The van der Waals surface area contributed by atoms with E-state index in [1.165, 1.54) is 17.6 Å². The zero-order valence-corrected chi connectivity index (χ0v) is 13.4. The summed E-state index contributed by atoms with van der Waals surface area (Å²) in [5.41, 5.74) is 0.946. The molecule has 1 aromatic carbocycles. The first-order valence-electron chi connectivity index (χ1n) is 7.23. The highest BCUT2D eigenvalue weighted by Gasteiger charge is 2.11. The molecule has 2 heterocycles. The number of carbonyl (C=O) groups excluding carboxylic acids is 2. The quantitative estimate of drug-likeness (QED) is 0.717. The van der Waals surface area contributed by atoms with Crippen molar-refractivity contribution < 1.29 is 14.0 Å². The average molecular weight is 342 g/mol. The molecule has 0 aliphatic heterocycles. The van der Waals surface area contributed by atoms with E-state index < -0.39 is 0 Å². The van der Waals surface area contributed by atoms with Crippen LogP contribution in [0.15, 0.2) is 53.1 Å². The summed E-state index contributed by atoms with van der Waals surface area (Å²) in [6, 6.07) is 12.8. The van der Waals surface area contributed by atoms with Crippen LogP contribution in [0.25, 0.3) is 10.6 Å². The summed E-state index contributed by atoms with van der Waals surface area (Å²) in [6.45, 7) is 0.204. The predicted molar refractivity (Wildman–Crippen MR) is 89.6 cm³/mol. The van der Waals surface area contributed by atoms with Crippen molar-refractivity contribution >= 4 is 28.3 Å². The molecule has 0 spiro atoms. The third kappa shape index (κ3) is 4.05. The number of amides is 2. The summed E-state index contributed by atoms with van der Waals surface area (Å²) in [7, 11) is 0. The molecule has 0 bridgehead atoms. The highest BCUT2D eigenvalue weighted by atomic mass is 32.1. The second-order valence-corrected chi connectivity index (χ2v) is 5.79. The van der Waals surface area contributed by atoms with Gasteiger partial charge in [0.1, 0.15) is 5.01 Å². The van der Waals surface area contributed by atoms with Crippen molar-refractivity contribution in [2.45, 2.75) is 6.42 Å². The van der Waals surface area contributed by atoms with Crippen molar-refractivity contribution in [2.24, 2.45) is 0 Å². The average Bonchev–Trinajstić information content (AvgIpc) is 3.27. The van der Waals surface area contributed by atoms with E-state index in [4.69, 9.17) is 4.42 Å². The van der Waals surface area contributed by atoms with Crippen molar-refractivity contribution in [1.29, 1.82) is 0 Å². The van der Waals surface area contributed by atoms with E-state index in [1.807, 2.05) is 30.3 Å². The van der Waals surface area contributed by atoms with Gasteiger partial charge in [0.2, 0.25) is 11.0 Å². The van der Waals surface area contributed by atoms with Crippen LogP contribution >= 0.6 is 11.3 Å². The van der Waals surface area contributed by atoms with Gasteiger partial charge in [0.25, 0.3) is 5.91 Å². The van der Waals surface area contributed by atoms with Gasteiger partial charge in [-0.25, -0.2) is 0 Å². The Labute approximate surface area is 141 Å². The van der Waals surface area contributed by atoms with Crippen molar-refractivity contribution in [3.05, 3.63) is 54.5 Å². The zero-order valence-electron chi connectivity index (χ0n) is 12.6. The molecule has 0 atom stereocenters. The topological polar surface area (TPSA) is 97.1 Å². The Morgan fingerprint density at radius 1 is 1.08 bits per heavy atom. The van der Waals surface area contributed by atoms with Gasteiger partial charge in [-0.3, -0.25) is 9.59 Å². The van der Waals surface area contributed by atoms with Gasteiger partial charge in [-0.15, -0.1) is 10.2 Å². The maximum atomic E-state index is 11.9. The molecule has 0 saturated heterocycles. The van der Waals surface area contributed by atoms with Gasteiger partial charge in [0, 0.05) is 18.5 Å². The molecule has 7 nitrogen and oxygen atoms in total. The fourth-order valence-corrected chi connectivity index (χ4v) is 2.70. The molecule has 0 fully saturated rings. The predicted octanol–water partition coefficient (Wildman–Crippen LogP) is 2.56. The van der Waals surface area contributed by atoms with Gasteiger partial charge in [0.05, 0.1) is 6.26 Å². The molecule has 2 amide bonds. The van der Waals surface area contributed by atoms with E-state index >= 15 is 0 Å². The molecule has 8 heteroatoms. The Morgan fingerprint density at radius 3 is 2.67 bits per heavy atom. The molecule has 122 valence electrons. The number of nitrogens with zero attached hydrogens (tertiary/aromatic N) is 2. The second-order valence-electron chi connectivity index (χ2n) is 4.81. The number of furan rings is 1. The number of hydrogen-bond donors (Lipinski definition) is 2. The Kier molecular flexibility index (Phi) is 4.97. The Balaban J connectivity index is 1.47. The number of anilines is 1. The number of nitrogens with one attached hydrogen (secondary N) is 2. The molecule has 3 aromatic rings.